The Hall–Kier alpha value is -1.22. The smallest absolute Gasteiger partial charge is 0.122 e. The maximum absolute atomic E-state index is 5.63. The van der Waals surface area contributed by atoms with Crippen molar-refractivity contribution < 1.29 is 9.15 Å². The van der Waals surface area contributed by atoms with Gasteiger partial charge >= 0.3 is 0 Å². The van der Waals surface area contributed by atoms with Crippen molar-refractivity contribution in [1.29, 1.82) is 0 Å². The number of ether oxygens (including phenoxy) is 1. The topological polar surface area (TPSA) is 22.4 Å². The lowest BCUT2D eigenvalue weighted by molar-refractivity contribution is 0.414. The summed E-state index contributed by atoms with van der Waals surface area (Å²) >= 11 is 3.67. The van der Waals surface area contributed by atoms with Gasteiger partial charge in [0.05, 0.1) is 11.9 Å². The summed E-state index contributed by atoms with van der Waals surface area (Å²) in [6.45, 7) is 4.02. The number of furan rings is 1. The minimum absolute atomic E-state index is 0.0853. The lowest BCUT2D eigenvalue weighted by atomic mass is 10.0. The Morgan fingerprint density at radius 3 is 2.47 bits per heavy atom. The van der Waals surface area contributed by atoms with Crippen LogP contribution < -0.4 is 4.74 Å². The normalized spacial score (nSPS) is 12.5. The van der Waals surface area contributed by atoms with Gasteiger partial charge in [-0.3, -0.25) is 0 Å². The van der Waals surface area contributed by atoms with Gasteiger partial charge in [0.1, 0.15) is 17.3 Å². The molecule has 0 N–H and O–H groups in total. The Labute approximate surface area is 110 Å². The van der Waals surface area contributed by atoms with E-state index in [-0.39, 0.29) is 4.83 Å². The monoisotopic (exact) mass is 294 g/mol. The van der Waals surface area contributed by atoms with Crippen molar-refractivity contribution in [3.8, 4) is 5.75 Å². The summed E-state index contributed by atoms with van der Waals surface area (Å²) in [5.41, 5.74) is 2.38. The molecule has 0 aliphatic heterocycles. The highest BCUT2D eigenvalue weighted by atomic mass is 79.9. The van der Waals surface area contributed by atoms with Crippen LogP contribution in [0.2, 0.25) is 0 Å². The number of benzene rings is 1. The lowest BCUT2D eigenvalue weighted by Crippen LogP contribution is -1.95. The molecule has 0 aliphatic rings. The first-order valence-corrected chi connectivity index (χ1v) is 6.38. The molecular formula is C14H15BrO2. The van der Waals surface area contributed by atoms with Crippen LogP contribution in [0.3, 0.4) is 0 Å². The molecule has 0 spiro atoms. The molecule has 1 atom stereocenters. The average molecular weight is 295 g/mol. The van der Waals surface area contributed by atoms with Crippen molar-refractivity contribution in [1.82, 2.24) is 0 Å². The van der Waals surface area contributed by atoms with E-state index in [1.54, 1.807) is 7.11 Å². The molecule has 0 radical (unpaired) electrons. The third-order valence-electron chi connectivity index (χ3n) is 2.76. The summed E-state index contributed by atoms with van der Waals surface area (Å²) < 4.78 is 10.8. The van der Waals surface area contributed by atoms with Crippen LogP contribution in [-0.2, 0) is 0 Å². The van der Waals surface area contributed by atoms with Crippen LogP contribution in [0.15, 0.2) is 34.7 Å². The van der Waals surface area contributed by atoms with Crippen molar-refractivity contribution in [2.24, 2.45) is 0 Å². The van der Waals surface area contributed by atoms with Gasteiger partial charge < -0.3 is 9.15 Å². The molecule has 1 aromatic heterocycles. The molecule has 1 aromatic carbocycles. The zero-order valence-corrected chi connectivity index (χ0v) is 11.7. The van der Waals surface area contributed by atoms with Crippen LogP contribution in [0.4, 0.5) is 0 Å². The fraction of sp³-hybridized carbons (Fsp3) is 0.286. The number of methoxy groups -OCH3 is 1. The van der Waals surface area contributed by atoms with Gasteiger partial charge in [-0.25, -0.2) is 0 Å². The molecule has 1 unspecified atom stereocenters. The van der Waals surface area contributed by atoms with Gasteiger partial charge in [0.15, 0.2) is 0 Å². The Bertz CT molecular complexity index is 517. The van der Waals surface area contributed by atoms with Gasteiger partial charge in [-0.05, 0) is 49.2 Å². The Kier molecular flexibility index (Phi) is 3.57. The zero-order chi connectivity index (χ0) is 12.4. The fourth-order valence-corrected chi connectivity index (χ4v) is 2.56. The van der Waals surface area contributed by atoms with Gasteiger partial charge in [0.25, 0.3) is 0 Å². The van der Waals surface area contributed by atoms with E-state index < -0.39 is 0 Å². The van der Waals surface area contributed by atoms with Gasteiger partial charge in [0, 0.05) is 0 Å². The molecule has 0 aliphatic carbocycles. The second kappa shape index (κ2) is 4.96. The van der Waals surface area contributed by atoms with Gasteiger partial charge in [-0.2, -0.15) is 0 Å². The first kappa shape index (κ1) is 12.2. The van der Waals surface area contributed by atoms with Crippen molar-refractivity contribution >= 4 is 15.9 Å². The second-order valence-corrected chi connectivity index (χ2v) is 4.95. The molecule has 0 bridgehead atoms. The minimum atomic E-state index is 0.0853. The summed E-state index contributed by atoms with van der Waals surface area (Å²) in [4.78, 5) is 0.0853. The van der Waals surface area contributed by atoms with Crippen LogP contribution in [0, 0.1) is 13.8 Å². The second-order valence-electron chi connectivity index (χ2n) is 4.03. The fourth-order valence-electron chi connectivity index (χ4n) is 1.80. The third kappa shape index (κ3) is 2.55. The van der Waals surface area contributed by atoms with Gasteiger partial charge in [0.2, 0.25) is 0 Å². The van der Waals surface area contributed by atoms with E-state index in [4.69, 9.17) is 9.15 Å². The molecule has 0 saturated carbocycles. The summed E-state index contributed by atoms with van der Waals surface area (Å²) in [7, 11) is 1.68. The van der Waals surface area contributed by atoms with E-state index in [0.717, 1.165) is 17.3 Å². The first-order chi connectivity index (χ1) is 8.11. The number of halogens is 1. The number of aryl methyl sites for hydroxylation is 2. The Morgan fingerprint density at radius 1 is 1.18 bits per heavy atom. The molecule has 3 heteroatoms. The molecule has 90 valence electrons. The van der Waals surface area contributed by atoms with Crippen LogP contribution in [0.5, 0.6) is 5.75 Å². The van der Waals surface area contributed by atoms with E-state index in [9.17, 15) is 0 Å². The SMILES string of the molecule is COc1ccc(C(Br)c2ccc(C)o2)c(C)c1. The number of rotatable bonds is 3. The van der Waals surface area contributed by atoms with Crippen molar-refractivity contribution in [3.63, 3.8) is 0 Å². The predicted octanol–water partition coefficient (Wildman–Crippen LogP) is 4.39. The van der Waals surface area contributed by atoms with Crippen molar-refractivity contribution in [3.05, 3.63) is 53.0 Å². The molecule has 1 heterocycles. The third-order valence-corrected chi connectivity index (χ3v) is 3.71. The van der Waals surface area contributed by atoms with Crippen molar-refractivity contribution in [2.45, 2.75) is 18.7 Å². The molecule has 0 fully saturated rings. The summed E-state index contributed by atoms with van der Waals surface area (Å²) in [6.07, 6.45) is 0. The Morgan fingerprint density at radius 2 is 1.94 bits per heavy atom. The van der Waals surface area contributed by atoms with Crippen LogP contribution in [0.25, 0.3) is 0 Å². The van der Waals surface area contributed by atoms with Gasteiger partial charge in [-0.15, -0.1) is 0 Å². The van der Waals surface area contributed by atoms with Crippen molar-refractivity contribution in [2.75, 3.05) is 7.11 Å². The maximum Gasteiger partial charge on any atom is 0.122 e. The highest BCUT2D eigenvalue weighted by molar-refractivity contribution is 9.09. The molecule has 2 nitrogen and oxygen atoms in total. The highest BCUT2D eigenvalue weighted by Crippen LogP contribution is 2.34. The number of hydrogen-bond acceptors (Lipinski definition) is 2. The lowest BCUT2D eigenvalue weighted by Gasteiger charge is -2.12. The molecule has 17 heavy (non-hydrogen) atoms. The summed E-state index contributed by atoms with van der Waals surface area (Å²) in [5.74, 6) is 2.73. The molecule has 2 aromatic rings. The molecule has 2 rings (SSSR count). The molecular weight excluding hydrogens is 280 g/mol. The quantitative estimate of drug-likeness (QED) is 0.784. The first-order valence-electron chi connectivity index (χ1n) is 5.46. The van der Waals surface area contributed by atoms with E-state index in [1.807, 2.05) is 31.2 Å². The average Bonchev–Trinajstić information content (AvgIpc) is 2.75. The largest absolute Gasteiger partial charge is 0.497 e. The number of alkyl halides is 1. The molecule has 0 saturated heterocycles. The summed E-state index contributed by atoms with van der Waals surface area (Å²) in [5, 5.41) is 0. The standard InChI is InChI=1S/C14H15BrO2/c1-9-8-11(16-3)5-6-12(9)14(15)13-7-4-10(2)17-13/h4-8,14H,1-3H3. The molecule has 0 amide bonds. The van der Waals surface area contributed by atoms with Crippen LogP contribution >= 0.6 is 15.9 Å². The minimum Gasteiger partial charge on any atom is -0.497 e. The maximum atomic E-state index is 5.63. The van der Waals surface area contributed by atoms with Crippen LogP contribution in [0.1, 0.15) is 27.5 Å². The van der Waals surface area contributed by atoms with E-state index >= 15 is 0 Å². The summed E-state index contributed by atoms with van der Waals surface area (Å²) in [6, 6.07) is 10.0. The van der Waals surface area contributed by atoms with E-state index in [1.165, 1.54) is 11.1 Å². The van der Waals surface area contributed by atoms with Crippen LogP contribution in [-0.4, -0.2) is 7.11 Å². The predicted molar refractivity (Wildman–Crippen MR) is 71.9 cm³/mol. The van der Waals surface area contributed by atoms with E-state index in [0.29, 0.717) is 0 Å². The Balaban J connectivity index is 2.34. The number of hydrogen-bond donors (Lipinski definition) is 0. The highest BCUT2D eigenvalue weighted by Gasteiger charge is 2.16. The zero-order valence-electron chi connectivity index (χ0n) is 10.2. The van der Waals surface area contributed by atoms with E-state index in [2.05, 4.69) is 28.9 Å². The van der Waals surface area contributed by atoms with Gasteiger partial charge in [-0.1, -0.05) is 22.0 Å².